The number of fused-ring (bicyclic) bond motifs is 3. The first-order chi connectivity index (χ1) is 12.1. The molecule has 5 nitrogen and oxygen atoms in total. The number of nitrogens with zero attached hydrogens (tertiary/aromatic N) is 3. The lowest BCUT2D eigenvalue weighted by molar-refractivity contribution is -0.113. The number of carbonyl (C=O) groups is 1. The second-order valence-corrected chi connectivity index (χ2v) is 7.87. The standard InChI is InChI=1S/C16H10Cl2N4OS2/c17-9-4-3-5-10(18)14(9)19-13(23)8-24-15-20-21-16-22(15)11-6-1-2-7-12(11)25-16/h1-7H,8H2,(H,19,23). The Balaban J connectivity index is 1.53. The molecule has 1 amide bonds. The molecule has 0 aliphatic carbocycles. The van der Waals surface area contributed by atoms with Gasteiger partial charge >= 0.3 is 0 Å². The average molecular weight is 409 g/mol. The highest BCUT2D eigenvalue weighted by Crippen LogP contribution is 2.31. The number of halogens is 2. The Morgan fingerprint density at radius 2 is 1.88 bits per heavy atom. The maximum Gasteiger partial charge on any atom is 0.234 e. The number of benzene rings is 2. The average Bonchev–Trinajstić information content (AvgIpc) is 3.15. The van der Waals surface area contributed by atoms with Crippen LogP contribution in [-0.2, 0) is 4.79 Å². The molecule has 0 spiro atoms. The van der Waals surface area contributed by atoms with Crippen molar-refractivity contribution >= 4 is 73.1 Å². The van der Waals surface area contributed by atoms with Gasteiger partial charge in [0.2, 0.25) is 10.9 Å². The fraction of sp³-hybridized carbons (Fsp3) is 0.0625. The summed E-state index contributed by atoms with van der Waals surface area (Å²) in [7, 11) is 0. The molecule has 2 aromatic heterocycles. The Morgan fingerprint density at radius 3 is 2.68 bits per heavy atom. The molecular formula is C16H10Cl2N4OS2. The van der Waals surface area contributed by atoms with E-state index in [1.165, 1.54) is 11.8 Å². The first-order valence-corrected chi connectivity index (χ1v) is 9.78. The van der Waals surface area contributed by atoms with Crippen LogP contribution in [0.5, 0.6) is 0 Å². The summed E-state index contributed by atoms with van der Waals surface area (Å²) in [6, 6.07) is 13.1. The predicted molar refractivity (Wildman–Crippen MR) is 104 cm³/mol. The van der Waals surface area contributed by atoms with Gasteiger partial charge in [0.05, 0.1) is 31.7 Å². The van der Waals surface area contributed by atoms with E-state index in [2.05, 4.69) is 15.5 Å². The van der Waals surface area contributed by atoms with Gasteiger partial charge in [0, 0.05) is 0 Å². The molecule has 0 radical (unpaired) electrons. The Kier molecular flexibility index (Phi) is 4.56. The van der Waals surface area contributed by atoms with Crippen molar-refractivity contribution in [3.05, 3.63) is 52.5 Å². The van der Waals surface area contributed by atoms with Gasteiger partial charge in [0.15, 0.2) is 5.16 Å². The van der Waals surface area contributed by atoms with E-state index in [9.17, 15) is 4.79 Å². The van der Waals surface area contributed by atoms with E-state index >= 15 is 0 Å². The minimum atomic E-state index is -0.212. The number of nitrogens with one attached hydrogen (secondary N) is 1. The van der Waals surface area contributed by atoms with Crippen LogP contribution in [0.1, 0.15) is 0 Å². The maximum atomic E-state index is 12.2. The van der Waals surface area contributed by atoms with E-state index in [0.717, 1.165) is 15.2 Å². The van der Waals surface area contributed by atoms with E-state index in [1.807, 2.05) is 28.7 Å². The number of para-hydroxylation sites is 2. The van der Waals surface area contributed by atoms with E-state index in [-0.39, 0.29) is 11.7 Å². The molecule has 4 rings (SSSR count). The van der Waals surface area contributed by atoms with Crippen molar-refractivity contribution in [3.8, 4) is 0 Å². The number of amides is 1. The molecule has 2 heterocycles. The molecule has 0 aliphatic rings. The zero-order chi connectivity index (χ0) is 17.4. The highest BCUT2D eigenvalue weighted by Gasteiger charge is 2.15. The van der Waals surface area contributed by atoms with Crippen LogP contribution in [0.4, 0.5) is 5.69 Å². The van der Waals surface area contributed by atoms with E-state index in [0.29, 0.717) is 20.9 Å². The normalized spacial score (nSPS) is 11.3. The van der Waals surface area contributed by atoms with Gasteiger partial charge < -0.3 is 5.32 Å². The molecule has 2 aromatic carbocycles. The van der Waals surface area contributed by atoms with Gasteiger partial charge in [-0.25, -0.2) is 0 Å². The quantitative estimate of drug-likeness (QED) is 0.483. The molecule has 0 aliphatic heterocycles. The van der Waals surface area contributed by atoms with Crippen molar-refractivity contribution in [2.45, 2.75) is 5.16 Å². The summed E-state index contributed by atoms with van der Waals surface area (Å²) >= 11 is 15.0. The SMILES string of the molecule is O=C(CSc1nnc2sc3ccccc3n12)Nc1c(Cl)cccc1Cl. The van der Waals surface area contributed by atoms with Crippen molar-refractivity contribution in [2.75, 3.05) is 11.1 Å². The first-order valence-electron chi connectivity index (χ1n) is 7.23. The molecule has 0 atom stereocenters. The topological polar surface area (TPSA) is 59.3 Å². The summed E-state index contributed by atoms with van der Waals surface area (Å²) in [5, 5.41) is 12.6. The Labute approximate surface area is 161 Å². The van der Waals surface area contributed by atoms with E-state index in [1.54, 1.807) is 29.5 Å². The monoisotopic (exact) mass is 408 g/mol. The number of aromatic nitrogens is 3. The Bertz CT molecular complexity index is 1070. The third-order valence-electron chi connectivity index (χ3n) is 3.47. The third-order valence-corrected chi connectivity index (χ3v) is 6.04. The number of thioether (sulfide) groups is 1. The second kappa shape index (κ2) is 6.84. The number of carbonyl (C=O) groups excluding carboxylic acids is 1. The second-order valence-electron chi connectivity index (χ2n) is 5.10. The highest BCUT2D eigenvalue weighted by molar-refractivity contribution is 7.99. The van der Waals surface area contributed by atoms with E-state index in [4.69, 9.17) is 23.2 Å². The molecule has 9 heteroatoms. The van der Waals surface area contributed by atoms with Gasteiger partial charge in [-0.3, -0.25) is 9.20 Å². The van der Waals surface area contributed by atoms with E-state index < -0.39 is 0 Å². The van der Waals surface area contributed by atoms with Crippen LogP contribution in [0.25, 0.3) is 15.2 Å². The van der Waals surface area contributed by atoms with Gasteiger partial charge in [0.1, 0.15) is 0 Å². The van der Waals surface area contributed by atoms with Gasteiger partial charge in [-0.2, -0.15) is 0 Å². The Morgan fingerprint density at radius 1 is 1.12 bits per heavy atom. The maximum absolute atomic E-state index is 12.2. The summed E-state index contributed by atoms with van der Waals surface area (Å²) in [5.74, 6) is -0.0386. The molecular weight excluding hydrogens is 399 g/mol. The lowest BCUT2D eigenvalue weighted by atomic mass is 10.3. The summed E-state index contributed by atoms with van der Waals surface area (Å²) in [4.78, 5) is 13.0. The van der Waals surface area contributed by atoms with Gasteiger partial charge in [-0.15, -0.1) is 10.2 Å². The molecule has 0 bridgehead atoms. The summed E-state index contributed by atoms with van der Waals surface area (Å²) < 4.78 is 3.09. The van der Waals surface area contributed by atoms with Crippen LogP contribution in [-0.4, -0.2) is 26.3 Å². The van der Waals surface area contributed by atoms with Crippen LogP contribution >= 0.6 is 46.3 Å². The van der Waals surface area contributed by atoms with Crippen LogP contribution in [0, 0.1) is 0 Å². The molecule has 0 saturated carbocycles. The highest BCUT2D eigenvalue weighted by atomic mass is 35.5. The summed E-state index contributed by atoms with van der Waals surface area (Å²) in [6.45, 7) is 0. The largest absolute Gasteiger partial charge is 0.323 e. The number of rotatable bonds is 4. The van der Waals surface area contributed by atoms with Crippen LogP contribution in [0.15, 0.2) is 47.6 Å². The third kappa shape index (κ3) is 3.20. The van der Waals surface area contributed by atoms with Crippen molar-refractivity contribution in [1.29, 1.82) is 0 Å². The molecule has 25 heavy (non-hydrogen) atoms. The lowest BCUT2D eigenvalue weighted by Crippen LogP contribution is -2.15. The molecule has 1 N–H and O–H groups in total. The number of anilines is 1. The van der Waals surface area contributed by atoms with Crippen LogP contribution in [0.2, 0.25) is 10.0 Å². The molecule has 126 valence electrons. The van der Waals surface area contributed by atoms with Crippen molar-refractivity contribution in [2.24, 2.45) is 0 Å². The minimum Gasteiger partial charge on any atom is -0.323 e. The van der Waals surface area contributed by atoms with Crippen LogP contribution < -0.4 is 5.32 Å². The van der Waals surface area contributed by atoms with Crippen molar-refractivity contribution in [1.82, 2.24) is 14.6 Å². The lowest BCUT2D eigenvalue weighted by Gasteiger charge is -2.08. The Hall–Kier alpha value is -1.80. The predicted octanol–water partition coefficient (Wildman–Crippen LogP) is 4.98. The fourth-order valence-corrected chi connectivity index (χ4v) is 4.63. The summed E-state index contributed by atoms with van der Waals surface area (Å²) in [6.07, 6.45) is 0. The number of hydrogen-bond acceptors (Lipinski definition) is 5. The smallest absolute Gasteiger partial charge is 0.234 e. The molecule has 4 aromatic rings. The van der Waals surface area contributed by atoms with Crippen molar-refractivity contribution in [3.63, 3.8) is 0 Å². The number of thiazole rings is 1. The van der Waals surface area contributed by atoms with Gasteiger partial charge in [-0.1, -0.05) is 64.5 Å². The molecule has 0 saturated heterocycles. The first kappa shape index (κ1) is 16.7. The molecule has 0 unspecified atom stereocenters. The van der Waals surface area contributed by atoms with Crippen molar-refractivity contribution < 1.29 is 4.79 Å². The zero-order valence-electron chi connectivity index (χ0n) is 12.6. The summed E-state index contributed by atoms with van der Waals surface area (Å²) in [5.41, 5.74) is 1.45. The van der Waals surface area contributed by atoms with Gasteiger partial charge in [0.25, 0.3) is 0 Å². The molecule has 0 fully saturated rings. The minimum absolute atomic E-state index is 0.173. The zero-order valence-corrected chi connectivity index (χ0v) is 15.7. The van der Waals surface area contributed by atoms with Gasteiger partial charge in [-0.05, 0) is 24.3 Å². The number of hydrogen-bond donors (Lipinski definition) is 1. The van der Waals surface area contributed by atoms with Crippen LogP contribution in [0.3, 0.4) is 0 Å². The fourth-order valence-electron chi connectivity index (χ4n) is 2.37.